The number of amides is 1. The van der Waals surface area contributed by atoms with Crippen LogP contribution in [0.4, 0.5) is 11.4 Å². The monoisotopic (exact) mass is 262 g/mol. The summed E-state index contributed by atoms with van der Waals surface area (Å²) in [5.41, 5.74) is 13.4. The highest BCUT2D eigenvalue weighted by molar-refractivity contribution is 5.99. The zero-order valence-corrected chi connectivity index (χ0v) is 11.8. The Labute approximate surface area is 114 Å². The van der Waals surface area contributed by atoms with Gasteiger partial charge < -0.3 is 16.4 Å². The van der Waals surface area contributed by atoms with Crippen LogP contribution in [-0.4, -0.2) is 43.0 Å². The molecule has 2 rings (SSSR count). The standard InChI is InChI=1S/C14H22N4O/c1-14(2)9-18(7-6-17(14)3)12-8-10(15)4-5-11(12)13(16)19/h4-5,8H,6-7,9,15H2,1-3H3,(H2,16,19). The van der Waals surface area contributed by atoms with Gasteiger partial charge in [0.15, 0.2) is 0 Å². The zero-order chi connectivity index (χ0) is 14.2. The van der Waals surface area contributed by atoms with Gasteiger partial charge in [-0.3, -0.25) is 9.69 Å². The van der Waals surface area contributed by atoms with Crippen molar-refractivity contribution in [2.24, 2.45) is 5.73 Å². The van der Waals surface area contributed by atoms with Crippen LogP contribution in [-0.2, 0) is 0 Å². The Morgan fingerprint density at radius 2 is 2.00 bits per heavy atom. The van der Waals surface area contributed by atoms with Crippen LogP contribution in [0.1, 0.15) is 24.2 Å². The van der Waals surface area contributed by atoms with Gasteiger partial charge in [0.2, 0.25) is 0 Å². The molecule has 1 amide bonds. The summed E-state index contributed by atoms with van der Waals surface area (Å²) in [6.45, 7) is 7.03. The van der Waals surface area contributed by atoms with Crippen molar-refractivity contribution in [2.45, 2.75) is 19.4 Å². The largest absolute Gasteiger partial charge is 0.399 e. The second-order valence-corrected chi connectivity index (χ2v) is 5.80. The third-order valence-electron chi connectivity index (χ3n) is 3.94. The molecule has 1 aliphatic heterocycles. The first kappa shape index (κ1) is 13.7. The summed E-state index contributed by atoms with van der Waals surface area (Å²) in [7, 11) is 2.12. The van der Waals surface area contributed by atoms with E-state index < -0.39 is 5.91 Å². The molecule has 0 unspecified atom stereocenters. The van der Waals surface area contributed by atoms with Crippen molar-refractivity contribution < 1.29 is 4.79 Å². The number of likely N-dealkylation sites (N-methyl/N-ethyl adjacent to an activating group) is 1. The van der Waals surface area contributed by atoms with Gasteiger partial charge in [-0.1, -0.05) is 0 Å². The van der Waals surface area contributed by atoms with Gasteiger partial charge in [0.05, 0.1) is 11.3 Å². The van der Waals surface area contributed by atoms with Gasteiger partial charge in [-0.15, -0.1) is 0 Å². The Morgan fingerprint density at radius 3 is 2.58 bits per heavy atom. The summed E-state index contributed by atoms with van der Waals surface area (Å²) in [4.78, 5) is 16.1. The number of hydrogen-bond donors (Lipinski definition) is 2. The highest BCUT2D eigenvalue weighted by Crippen LogP contribution is 2.28. The number of carbonyl (C=O) groups is 1. The summed E-state index contributed by atoms with van der Waals surface area (Å²) in [6, 6.07) is 5.25. The maximum atomic E-state index is 11.5. The molecule has 0 radical (unpaired) electrons. The van der Waals surface area contributed by atoms with Crippen LogP contribution in [0.15, 0.2) is 18.2 Å². The van der Waals surface area contributed by atoms with E-state index in [4.69, 9.17) is 11.5 Å². The average molecular weight is 262 g/mol. The molecule has 0 aromatic heterocycles. The van der Waals surface area contributed by atoms with Crippen LogP contribution >= 0.6 is 0 Å². The first-order chi connectivity index (χ1) is 8.81. The first-order valence-electron chi connectivity index (χ1n) is 6.47. The van der Waals surface area contributed by atoms with Gasteiger partial charge in [0, 0.05) is 30.9 Å². The molecule has 0 bridgehead atoms. The van der Waals surface area contributed by atoms with Crippen LogP contribution in [0, 0.1) is 0 Å². The van der Waals surface area contributed by atoms with Crippen LogP contribution in [0.3, 0.4) is 0 Å². The molecule has 1 aromatic carbocycles. The first-order valence-corrected chi connectivity index (χ1v) is 6.47. The lowest BCUT2D eigenvalue weighted by atomic mass is 9.98. The summed E-state index contributed by atoms with van der Waals surface area (Å²) in [5.74, 6) is -0.410. The SMILES string of the molecule is CN1CCN(c2cc(N)ccc2C(N)=O)CC1(C)C. The van der Waals surface area contributed by atoms with Gasteiger partial charge >= 0.3 is 0 Å². The van der Waals surface area contributed by atoms with Crippen LogP contribution in [0.5, 0.6) is 0 Å². The second-order valence-electron chi connectivity index (χ2n) is 5.80. The summed E-state index contributed by atoms with van der Waals surface area (Å²) >= 11 is 0. The highest BCUT2D eigenvalue weighted by atomic mass is 16.1. The van der Waals surface area contributed by atoms with Gasteiger partial charge in [-0.25, -0.2) is 0 Å². The average Bonchev–Trinajstić information content (AvgIpc) is 2.32. The molecule has 104 valence electrons. The van der Waals surface area contributed by atoms with E-state index in [-0.39, 0.29) is 5.54 Å². The van der Waals surface area contributed by atoms with E-state index in [1.807, 2.05) is 6.07 Å². The number of piperazine rings is 1. The lowest BCUT2D eigenvalue weighted by Gasteiger charge is -2.46. The van der Waals surface area contributed by atoms with Crippen molar-refractivity contribution in [2.75, 3.05) is 37.3 Å². The van der Waals surface area contributed by atoms with Crippen LogP contribution < -0.4 is 16.4 Å². The molecule has 0 aliphatic carbocycles. The number of nitrogen functional groups attached to an aromatic ring is 1. The molecular weight excluding hydrogens is 240 g/mol. The Hall–Kier alpha value is -1.75. The van der Waals surface area contributed by atoms with Crippen LogP contribution in [0.25, 0.3) is 0 Å². The third kappa shape index (κ3) is 2.66. The number of rotatable bonds is 2. The Bertz CT molecular complexity index is 498. The fourth-order valence-corrected chi connectivity index (χ4v) is 2.46. The lowest BCUT2D eigenvalue weighted by Crippen LogP contribution is -2.58. The van der Waals surface area contributed by atoms with E-state index in [0.717, 1.165) is 25.3 Å². The minimum Gasteiger partial charge on any atom is -0.399 e. The third-order valence-corrected chi connectivity index (χ3v) is 3.94. The van der Waals surface area contributed by atoms with Crippen molar-refractivity contribution in [1.82, 2.24) is 4.90 Å². The predicted octanol–water partition coefficient (Wildman–Crippen LogP) is 0.898. The zero-order valence-electron chi connectivity index (χ0n) is 11.8. The molecule has 1 aromatic rings. The Balaban J connectivity index is 2.36. The molecule has 1 heterocycles. The number of primary amides is 1. The molecule has 1 aliphatic rings. The Morgan fingerprint density at radius 1 is 1.32 bits per heavy atom. The smallest absolute Gasteiger partial charge is 0.250 e. The topological polar surface area (TPSA) is 75.6 Å². The highest BCUT2D eigenvalue weighted by Gasteiger charge is 2.32. The van der Waals surface area contributed by atoms with Gasteiger partial charge in [-0.2, -0.15) is 0 Å². The summed E-state index contributed by atoms with van der Waals surface area (Å²) < 4.78 is 0. The molecule has 4 N–H and O–H groups in total. The number of anilines is 2. The summed E-state index contributed by atoms with van der Waals surface area (Å²) in [5, 5.41) is 0. The van der Waals surface area contributed by atoms with E-state index in [2.05, 4.69) is 30.7 Å². The molecule has 5 heteroatoms. The summed E-state index contributed by atoms with van der Waals surface area (Å²) in [6.07, 6.45) is 0. The molecule has 19 heavy (non-hydrogen) atoms. The molecular formula is C14H22N4O. The van der Waals surface area contributed by atoms with Crippen molar-refractivity contribution >= 4 is 17.3 Å². The number of nitrogens with two attached hydrogens (primary N) is 2. The maximum absolute atomic E-state index is 11.5. The number of benzene rings is 1. The normalized spacial score (nSPS) is 19.4. The lowest BCUT2D eigenvalue weighted by molar-refractivity contribution is 0.0999. The molecule has 1 saturated heterocycles. The van der Waals surface area contributed by atoms with E-state index in [1.54, 1.807) is 12.1 Å². The predicted molar refractivity (Wildman–Crippen MR) is 78.3 cm³/mol. The maximum Gasteiger partial charge on any atom is 0.250 e. The number of nitrogens with zero attached hydrogens (tertiary/aromatic N) is 2. The van der Waals surface area contributed by atoms with Gasteiger partial charge in [0.1, 0.15) is 0 Å². The van der Waals surface area contributed by atoms with E-state index in [0.29, 0.717) is 11.3 Å². The van der Waals surface area contributed by atoms with Crippen LogP contribution in [0.2, 0.25) is 0 Å². The molecule has 1 fully saturated rings. The van der Waals surface area contributed by atoms with E-state index >= 15 is 0 Å². The fourth-order valence-electron chi connectivity index (χ4n) is 2.46. The van der Waals surface area contributed by atoms with Gasteiger partial charge in [-0.05, 0) is 39.1 Å². The van der Waals surface area contributed by atoms with E-state index in [9.17, 15) is 4.79 Å². The quantitative estimate of drug-likeness (QED) is 0.776. The number of carbonyl (C=O) groups excluding carboxylic acids is 1. The molecule has 0 atom stereocenters. The van der Waals surface area contributed by atoms with E-state index in [1.165, 1.54) is 0 Å². The molecule has 0 saturated carbocycles. The van der Waals surface area contributed by atoms with Crippen molar-refractivity contribution in [3.05, 3.63) is 23.8 Å². The fraction of sp³-hybridized carbons (Fsp3) is 0.500. The molecule has 0 spiro atoms. The second kappa shape index (κ2) is 4.74. The van der Waals surface area contributed by atoms with Crippen molar-refractivity contribution in [3.63, 3.8) is 0 Å². The number of hydrogen-bond acceptors (Lipinski definition) is 4. The van der Waals surface area contributed by atoms with Gasteiger partial charge in [0.25, 0.3) is 5.91 Å². The minimum absolute atomic E-state index is 0.0533. The molecule has 5 nitrogen and oxygen atoms in total. The minimum atomic E-state index is -0.410. The van der Waals surface area contributed by atoms with Crippen molar-refractivity contribution in [3.8, 4) is 0 Å². The van der Waals surface area contributed by atoms with Crippen molar-refractivity contribution in [1.29, 1.82) is 0 Å². The Kier molecular flexibility index (Phi) is 3.41.